The lowest BCUT2D eigenvalue weighted by molar-refractivity contribution is 1.17. The molecular formula is C38H28N2. The number of hydrogen-bond acceptors (Lipinski definition) is 0. The van der Waals surface area contributed by atoms with Crippen molar-refractivity contribution in [3.05, 3.63) is 145 Å². The summed E-state index contributed by atoms with van der Waals surface area (Å²) in [5.41, 5.74) is 12.4. The second-order valence-corrected chi connectivity index (χ2v) is 10.8. The molecule has 0 saturated carbocycles. The summed E-state index contributed by atoms with van der Waals surface area (Å²) < 4.78 is 4.77. The molecule has 0 atom stereocenters. The van der Waals surface area contributed by atoms with Gasteiger partial charge in [-0.25, -0.2) is 0 Å². The Bertz CT molecular complexity index is 2170. The molecule has 0 aliphatic heterocycles. The van der Waals surface area contributed by atoms with E-state index in [0.29, 0.717) is 0 Å². The molecule has 0 aliphatic carbocycles. The molecule has 0 saturated heterocycles. The van der Waals surface area contributed by atoms with Crippen LogP contribution in [-0.2, 0) is 0 Å². The van der Waals surface area contributed by atoms with Gasteiger partial charge in [0.2, 0.25) is 0 Å². The fourth-order valence-corrected chi connectivity index (χ4v) is 6.46. The number of fused-ring (bicyclic) bond motifs is 6. The molecule has 2 nitrogen and oxygen atoms in total. The summed E-state index contributed by atoms with van der Waals surface area (Å²) >= 11 is 0. The number of aryl methyl sites for hydroxylation is 2. The molecule has 0 fully saturated rings. The smallest absolute Gasteiger partial charge is 0.0543 e. The maximum atomic E-state index is 2.39. The number of rotatable bonds is 3. The molecule has 40 heavy (non-hydrogen) atoms. The summed E-state index contributed by atoms with van der Waals surface area (Å²) in [7, 11) is 0. The minimum atomic E-state index is 1.18. The highest BCUT2D eigenvalue weighted by atomic mass is 15.0. The number of benzene rings is 6. The minimum Gasteiger partial charge on any atom is -0.309 e. The molecule has 2 heterocycles. The lowest BCUT2D eigenvalue weighted by Crippen LogP contribution is -1.96. The maximum absolute atomic E-state index is 2.39. The average molecular weight is 513 g/mol. The van der Waals surface area contributed by atoms with Gasteiger partial charge in [-0.1, -0.05) is 84.9 Å². The lowest BCUT2D eigenvalue weighted by atomic mass is 9.99. The van der Waals surface area contributed by atoms with Crippen LogP contribution in [0.25, 0.3) is 66.1 Å². The zero-order chi connectivity index (χ0) is 26.8. The number of nitrogens with zero attached hydrogens (tertiary/aromatic N) is 2. The molecule has 0 N–H and O–H groups in total. The van der Waals surface area contributed by atoms with Crippen LogP contribution >= 0.6 is 0 Å². The van der Waals surface area contributed by atoms with Crippen LogP contribution in [0.1, 0.15) is 11.1 Å². The van der Waals surface area contributed by atoms with Gasteiger partial charge in [-0.05, 0) is 84.6 Å². The van der Waals surface area contributed by atoms with Gasteiger partial charge in [-0.2, -0.15) is 0 Å². The van der Waals surface area contributed by atoms with E-state index in [0.717, 1.165) is 0 Å². The first-order valence-corrected chi connectivity index (χ1v) is 13.9. The molecule has 2 heteroatoms. The van der Waals surface area contributed by atoms with Gasteiger partial charge in [-0.15, -0.1) is 0 Å². The van der Waals surface area contributed by atoms with E-state index in [4.69, 9.17) is 0 Å². The Morgan fingerprint density at radius 3 is 1.48 bits per heavy atom. The third-order valence-electron chi connectivity index (χ3n) is 8.31. The quantitative estimate of drug-likeness (QED) is 0.223. The summed E-state index contributed by atoms with van der Waals surface area (Å²) in [4.78, 5) is 0. The minimum absolute atomic E-state index is 1.18. The first-order chi connectivity index (χ1) is 19.7. The van der Waals surface area contributed by atoms with Gasteiger partial charge in [-0.3, -0.25) is 0 Å². The zero-order valence-corrected chi connectivity index (χ0v) is 22.6. The zero-order valence-electron chi connectivity index (χ0n) is 22.6. The van der Waals surface area contributed by atoms with E-state index >= 15 is 0 Å². The molecule has 190 valence electrons. The van der Waals surface area contributed by atoms with Gasteiger partial charge in [0.05, 0.1) is 22.1 Å². The van der Waals surface area contributed by atoms with E-state index in [1.54, 1.807) is 0 Å². The molecule has 0 unspecified atom stereocenters. The fraction of sp³-hybridized carbons (Fsp3) is 0.0526. The van der Waals surface area contributed by atoms with E-state index in [-0.39, 0.29) is 0 Å². The predicted octanol–water partition coefficient (Wildman–Crippen LogP) is 10.2. The topological polar surface area (TPSA) is 9.86 Å². The Labute approximate surface area is 233 Å². The summed E-state index contributed by atoms with van der Waals surface area (Å²) in [6.07, 6.45) is 0. The third kappa shape index (κ3) is 3.36. The van der Waals surface area contributed by atoms with Crippen LogP contribution in [0.15, 0.2) is 133 Å². The van der Waals surface area contributed by atoms with Crippen LogP contribution in [0.5, 0.6) is 0 Å². The van der Waals surface area contributed by atoms with Gasteiger partial charge < -0.3 is 9.13 Å². The number of para-hydroxylation sites is 3. The first-order valence-electron chi connectivity index (χ1n) is 13.9. The predicted molar refractivity (Wildman–Crippen MR) is 170 cm³/mol. The Morgan fingerprint density at radius 1 is 0.400 bits per heavy atom. The largest absolute Gasteiger partial charge is 0.309 e. The molecule has 6 aromatic carbocycles. The van der Waals surface area contributed by atoms with Crippen LogP contribution in [0.2, 0.25) is 0 Å². The van der Waals surface area contributed by atoms with E-state index in [9.17, 15) is 0 Å². The molecule has 0 spiro atoms. The summed E-state index contributed by atoms with van der Waals surface area (Å²) in [5, 5.41) is 5.16. The van der Waals surface area contributed by atoms with Crippen molar-refractivity contribution in [2.24, 2.45) is 0 Å². The Hall–Kier alpha value is -5.08. The van der Waals surface area contributed by atoms with Crippen molar-refractivity contribution in [2.45, 2.75) is 13.8 Å². The normalized spacial score (nSPS) is 11.8. The van der Waals surface area contributed by atoms with Gasteiger partial charge in [0.25, 0.3) is 0 Å². The van der Waals surface area contributed by atoms with Crippen LogP contribution in [-0.4, -0.2) is 9.13 Å². The first kappa shape index (κ1) is 22.9. The average Bonchev–Trinajstić information content (AvgIpc) is 3.50. The van der Waals surface area contributed by atoms with Crippen molar-refractivity contribution in [1.29, 1.82) is 0 Å². The lowest BCUT2D eigenvalue weighted by Gasteiger charge is -2.13. The van der Waals surface area contributed by atoms with E-state index in [1.807, 2.05) is 0 Å². The highest BCUT2D eigenvalue weighted by Crippen LogP contribution is 2.35. The van der Waals surface area contributed by atoms with Gasteiger partial charge in [0.15, 0.2) is 0 Å². The van der Waals surface area contributed by atoms with E-state index in [1.165, 1.54) is 77.2 Å². The van der Waals surface area contributed by atoms with Crippen molar-refractivity contribution in [1.82, 2.24) is 9.13 Å². The van der Waals surface area contributed by atoms with Gasteiger partial charge >= 0.3 is 0 Å². The van der Waals surface area contributed by atoms with Crippen molar-refractivity contribution in [3.63, 3.8) is 0 Å². The van der Waals surface area contributed by atoms with Crippen molar-refractivity contribution >= 4 is 43.6 Å². The highest BCUT2D eigenvalue weighted by Gasteiger charge is 2.14. The summed E-state index contributed by atoms with van der Waals surface area (Å²) in [6.45, 7) is 4.38. The van der Waals surface area contributed by atoms with Crippen molar-refractivity contribution in [2.75, 3.05) is 0 Å². The second-order valence-electron chi connectivity index (χ2n) is 10.8. The monoisotopic (exact) mass is 512 g/mol. The Kier molecular flexibility index (Phi) is 4.99. The summed E-state index contributed by atoms with van der Waals surface area (Å²) in [6, 6.07) is 48.7. The Balaban J connectivity index is 1.23. The molecule has 0 aliphatic rings. The molecule has 0 radical (unpaired) electrons. The fourth-order valence-electron chi connectivity index (χ4n) is 6.46. The molecule has 0 bridgehead atoms. The Morgan fingerprint density at radius 2 is 0.900 bits per heavy atom. The van der Waals surface area contributed by atoms with Crippen LogP contribution in [0.3, 0.4) is 0 Å². The SMILES string of the molecule is Cc1ccc2c3ccccc3n(-c3ccc(-c4ccc(-n5c6ccccc6c6ccccc65)cc4C)cc3)c2c1. The number of hydrogen-bond donors (Lipinski definition) is 0. The van der Waals surface area contributed by atoms with E-state index in [2.05, 4.69) is 156 Å². The van der Waals surface area contributed by atoms with E-state index < -0.39 is 0 Å². The van der Waals surface area contributed by atoms with Crippen LogP contribution < -0.4 is 0 Å². The molecule has 0 amide bonds. The molecule has 2 aromatic heterocycles. The third-order valence-corrected chi connectivity index (χ3v) is 8.31. The highest BCUT2D eigenvalue weighted by molar-refractivity contribution is 6.10. The second kappa shape index (κ2) is 8.72. The standard InChI is InChI=1S/C38H28N2/c1-25-15-21-34-33-11-5-6-12-35(33)39(38(34)23-25)28-18-16-27(17-19-28)30-22-20-29(24-26(30)2)40-36-13-7-3-9-31(36)32-10-4-8-14-37(32)40/h3-24H,1-2H3. The summed E-state index contributed by atoms with van der Waals surface area (Å²) in [5.74, 6) is 0. The molecule has 8 aromatic rings. The van der Waals surface area contributed by atoms with Crippen LogP contribution in [0.4, 0.5) is 0 Å². The van der Waals surface area contributed by atoms with Crippen molar-refractivity contribution < 1.29 is 0 Å². The molecular weight excluding hydrogens is 484 g/mol. The van der Waals surface area contributed by atoms with Gasteiger partial charge in [0, 0.05) is 32.9 Å². The molecule has 8 rings (SSSR count). The number of aromatic nitrogens is 2. The van der Waals surface area contributed by atoms with Gasteiger partial charge in [0.1, 0.15) is 0 Å². The maximum Gasteiger partial charge on any atom is 0.0543 e. The van der Waals surface area contributed by atoms with Crippen LogP contribution in [0, 0.1) is 13.8 Å². The van der Waals surface area contributed by atoms with Crippen molar-refractivity contribution in [3.8, 4) is 22.5 Å².